The summed E-state index contributed by atoms with van der Waals surface area (Å²) in [5.41, 5.74) is 2.35. The van der Waals surface area contributed by atoms with Crippen LogP contribution in [0.15, 0.2) is 72.5 Å². The molecule has 0 saturated carbocycles. The van der Waals surface area contributed by atoms with Gasteiger partial charge in [0.1, 0.15) is 23.9 Å². The van der Waals surface area contributed by atoms with Crippen LogP contribution in [-0.2, 0) is 6.61 Å². The molecule has 0 unspecified atom stereocenters. The van der Waals surface area contributed by atoms with Gasteiger partial charge in [-0.1, -0.05) is 35.9 Å². The number of ketones is 1. The number of Topliss-reactive ketones (excluding diaryl/α,β-unsaturated/α-hetero) is 1. The van der Waals surface area contributed by atoms with E-state index in [1.807, 2.05) is 55.5 Å². The lowest BCUT2D eigenvalue weighted by molar-refractivity contribution is 0.101. The van der Waals surface area contributed by atoms with Gasteiger partial charge in [0, 0.05) is 11.1 Å². The minimum absolute atomic E-state index is 0.143. The molecule has 0 fully saturated rings. The lowest BCUT2D eigenvalue weighted by Crippen LogP contribution is -1.98. The molecule has 4 rings (SSSR count). The minimum atomic E-state index is -0.143. The van der Waals surface area contributed by atoms with Gasteiger partial charge in [0.15, 0.2) is 5.76 Å². The van der Waals surface area contributed by atoms with Gasteiger partial charge < -0.3 is 14.2 Å². The summed E-state index contributed by atoms with van der Waals surface area (Å²) in [7, 11) is 0. The second-order valence-electron chi connectivity index (χ2n) is 6.52. The van der Waals surface area contributed by atoms with Crippen molar-refractivity contribution in [2.24, 2.45) is 0 Å². The zero-order valence-electron chi connectivity index (χ0n) is 15.9. The zero-order chi connectivity index (χ0) is 20.2. The Morgan fingerprint density at radius 2 is 1.76 bits per heavy atom. The van der Waals surface area contributed by atoms with Crippen LogP contribution in [0.3, 0.4) is 0 Å². The molecule has 29 heavy (non-hydrogen) atoms. The van der Waals surface area contributed by atoms with Gasteiger partial charge in [0.05, 0.1) is 12.2 Å². The molecule has 0 N–H and O–H groups in total. The van der Waals surface area contributed by atoms with E-state index < -0.39 is 0 Å². The number of halogens is 1. The molecule has 0 bridgehead atoms. The van der Waals surface area contributed by atoms with Crippen molar-refractivity contribution < 1.29 is 19.0 Å². The van der Waals surface area contributed by atoms with Crippen molar-refractivity contribution in [3.63, 3.8) is 0 Å². The topological polar surface area (TPSA) is 44.8 Å². The molecule has 4 nitrogen and oxygen atoms in total. The molecule has 0 aromatic heterocycles. The van der Waals surface area contributed by atoms with Gasteiger partial charge in [-0.25, -0.2) is 0 Å². The molecule has 1 aliphatic rings. The average molecular weight is 407 g/mol. The van der Waals surface area contributed by atoms with E-state index in [1.54, 1.807) is 24.3 Å². The Kier molecular flexibility index (Phi) is 5.54. The molecule has 1 aliphatic heterocycles. The van der Waals surface area contributed by atoms with E-state index in [2.05, 4.69) is 0 Å². The maximum Gasteiger partial charge on any atom is 0.231 e. The zero-order valence-corrected chi connectivity index (χ0v) is 16.6. The van der Waals surface area contributed by atoms with Gasteiger partial charge in [-0.2, -0.15) is 0 Å². The fourth-order valence-corrected chi connectivity index (χ4v) is 3.24. The van der Waals surface area contributed by atoms with Crippen molar-refractivity contribution in [1.82, 2.24) is 0 Å². The lowest BCUT2D eigenvalue weighted by Gasteiger charge is -2.07. The minimum Gasteiger partial charge on any atom is -0.494 e. The van der Waals surface area contributed by atoms with Crippen LogP contribution in [0, 0.1) is 0 Å². The van der Waals surface area contributed by atoms with Crippen molar-refractivity contribution in [2.75, 3.05) is 6.61 Å². The second-order valence-corrected chi connectivity index (χ2v) is 6.95. The monoisotopic (exact) mass is 406 g/mol. The maximum absolute atomic E-state index is 12.6. The molecule has 0 amide bonds. The van der Waals surface area contributed by atoms with Crippen LogP contribution in [0.2, 0.25) is 5.02 Å². The summed E-state index contributed by atoms with van der Waals surface area (Å²) in [5, 5.41) is 0.665. The third-order valence-corrected chi connectivity index (χ3v) is 4.66. The van der Waals surface area contributed by atoms with E-state index in [4.69, 9.17) is 25.8 Å². The Bertz CT molecular complexity index is 1070. The van der Waals surface area contributed by atoms with Crippen LogP contribution >= 0.6 is 11.6 Å². The molecule has 0 radical (unpaired) electrons. The van der Waals surface area contributed by atoms with Gasteiger partial charge >= 0.3 is 0 Å². The molecule has 5 heteroatoms. The van der Waals surface area contributed by atoms with Crippen LogP contribution in [0.1, 0.15) is 28.4 Å². The van der Waals surface area contributed by atoms with Crippen LogP contribution < -0.4 is 14.2 Å². The highest BCUT2D eigenvalue weighted by Gasteiger charge is 2.27. The molecule has 146 valence electrons. The number of ether oxygens (including phenoxy) is 3. The summed E-state index contributed by atoms with van der Waals surface area (Å²) >= 11 is 6.00. The molecule has 0 atom stereocenters. The van der Waals surface area contributed by atoms with Gasteiger partial charge in [0.2, 0.25) is 5.78 Å². The van der Waals surface area contributed by atoms with E-state index in [-0.39, 0.29) is 11.5 Å². The summed E-state index contributed by atoms with van der Waals surface area (Å²) < 4.78 is 17.0. The first-order valence-corrected chi connectivity index (χ1v) is 9.68. The second kappa shape index (κ2) is 8.41. The average Bonchev–Trinajstić information content (AvgIpc) is 3.03. The number of fused-ring (bicyclic) bond motifs is 1. The van der Waals surface area contributed by atoms with Crippen LogP contribution in [0.5, 0.6) is 17.2 Å². The fourth-order valence-electron chi connectivity index (χ4n) is 3.03. The fraction of sp³-hybridized carbons (Fsp3) is 0.125. The molecular formula is C24H19ClO4. The Morgan fingerprint density at radius 3 is 2.52 bits per heavy atom. The Balaban J connectivity index is 1.47. The van der Waals surface area contributed by atoms with Gasteiger partial charge in [-0.3, -0.25) is 4.79 Å². The first kappa shape index (κ1) is 19.1. The number of rotatable bonds is 6. The van der Waals surface area contributed by atoms with E-state index in [0.29, 0.717) is 35.3 Å². The number of carbonyl (C=O) groups excluding carboxylic acids is 1. The summed E-state index contributed by atoms with van der Waals surface area (Å²) in [6, 6.07) is 20.2. The van der Waals surface area contributed by atoms with E-state index >= 15 is 0 Å². The lowest BCUT2D eigenvalue weighted by atomic mass is 10.1. The van der Waals surface area contributed by atoms with Crippen molar-refractivity contribution in [3.05, 3.63) is 94.2 Å². The number of hydrogen-bond donors (Lipinski definition) is 0. The third-order valence-electron chi connectivity index (χ3n) is 4.42. The molecule has 3 aromatic rings. The largest absolute Gasteiger partial charge is 0.494 e. The number of allylic oxidation sites excluding steroid dienone is 1. The van der Waals surface area contributed by atoms with Crippen LogP contribution in [0.4, 0.5) is 0 Å². The van der Waals surface area contributed by atoms with E-state index in [9.17, 15) is 4.79 Å². The first-order chi connectivity index (χ1) is 14.1. The van der Waals surface area contributed by atoms with Crippen LogP contribution in [-0.4, -0.2) is 12.4 Å². The SMILES string of the molecule is CCOc1ccc(/C=C2\Oc3cc(OCc4cccc(Cl)c4)ccc3C2=O)cc1. The molecule has 3 aromatic carbocycles. The van der Waals surface area contributed by atoms with E-state index in [1.165, 1.54) is 0 Å². The summed E-state index contributed by atoms with van der Waals surface area (Å²) in [4.78, 5) is 12.6. The maximum atomic E-state index is 12.6. The highest BCUT2D eigenvalue weighted by molar-refractivity contribution is 6.30. The third kappa shape index (κ3) is 4.44. The summed E-state index contributed by atoms with van der Waals surface area (Å²) in [6.45, 7) is 2.92. The van der Waals surface area contributed by atoms with Gasteiger partial charge in [-0.05, 0) is 60.5 Å². The van der Waals surface area contributed by atoms with Crippen molar-refractivity contribution >= 4 is 23.5 Å². The van der Waals surface area contributed by atoms with Crippen molar-refractivity contribution in [2.45, 2.75) is 13.5 Å². The number of benzene rings is 3. The summed E-state index contributed by atoms with van der Waals surface area (Å²) in [5.74, 6) is 2.05. The number of hydrogen-bond acceptors (Lipinski definition) is 4. The molecule has 0 saturated heterocycles. The standard InChI is InChI=1S/C24H19ClO4/c1-2-27-19-8-6-16(7-9-19)13-23-24(26)21-11-10-20(14-22(21)29-23)28-15-17-4-3-5-18(25)12-17/h3-14H,2,15H2,1H3/b23-13-. The smallest absolute Gasteiger partial charge is 0.231 e. The Hall–Kier alpha value is -3.24. The normalized spacial score (nSPS) is 13.9. The quantitative estimate of drug-likeness (QED) is 0.475. The molecule has 0 spiro atoms. The first-order valence-electron chi connectivity index (χ1n) is 9.31. The predicted octanol–water partition coefficient (Wildman–Crippen LogP) is 5.93. The highest BCUT2D eigenvalue weighted by Crippen LogP contribution is 2.35. The van der Waals surface area contributed by atoms with Crippen molar-refractivity contribution in [1.29, 1.82) is 0 Å². The Labute approximate surface area is 174 Å². The highest BCUT2D eigenvalue weighted by atomic mass is 35.5. The van der Waals surface area contributed by atoms with E-state index in [0.717, 1.165) is 16.9 Å². The summed E-state index contributed by atoms with van der Waals surface area (Å²) in [6.07, 6.45) is 1.73. The van der Waals surface area contributed by atoms with Gasteiger partial charge in [0.25, 0.3) is 0 Å². The molecular weight excluding hydrogens is 388 g/mol. The van der Waals surface area contributed by atoms with Crippen molar-refractivity contribution in [3.8, 4) is 17.2 Å². The Morgan fingerprint density at radius 1 is 0.966 bits per heavy atom. The molecule has 0 aliphatic carbocycles. The van der Waals surface area contributed by atoms with Gasteiger partial charge in [-0.15, -0.1) is 0 Å². The predicted molar refractivity (Wildman–Crippen MR) is 113 cm³/mol. The van der Waals surface area contributed by atoms with Crippen LogP contribution in [0.25, 0.3) is 6.08 Å². The number of carbonyl (C=O) groups is 1. The molecule has 1 heterocycles.